The molecule has 8 nitrogen and oxygen atoms in total. The molecule has 1 aromatic carbocycles. The monoisotopic (exact) mass is 331 g/mol. The van der Waals surface area contributed by atoms with Gasteiger partial charge < -0.3 is 19.6 Å². The smallest absolute Gasteiger partial charge is 0.414 e. The molecule has 2 aromatic rings. The summed E-state index contributed by atoms with van der Waals surface area (Å²) < 4.78 is 5.35. The van der Waals surface area contributed by atoms with Crippen LogP contribution in [0.3, 0.4) is 0 Å². The van der Waals surface area contributed by atoms with Crippen molar-refractivity contribution in [1.82, 2.24) is 15.0 Å². The average Bonchev–Trinajstić information content (AvgIpc) is 3.06. The zero-order chi connectivity index (χ0) is 17.5. The van der Waals surface area contributed by atoms with Gasteiger partial charge in [0.2, 0.25) is 5.82 Å². The van der Waals surface area contributed by atoms with E-state index in [1.807, 2.05) is 30.3 Å². The molecule has 0 fully saturated rings. The molecule has 0 unspecified atom stereocenters. The van der Waals surface area contributed by atoms with E-state index in [4.69, 9.17) is 24.3 Å². The van der Waals surface area contributed by atoms with Gasteiger partial charge in [0.15, 0.2) is 0 Å². The minimum atomic E-state index is -1.82. The fraction of sp³-hybridized carbons (Fsp3) is 0.250. The van der Waals surface area contributed by atoms with Crippen molar-refractivity contribution in [2.75, 3.05) is 20.1 Å². The van der Waals surface area contributed by atoms with E-state index in [0.29, 0.717) is 11.7 Å². The predicted octanol–water partition coefficient (Wildman–Crippen LogP) is 1.61. The molecule has 126 valence electrons. The maximum atomic E-state index is 9.10. The number of aliphatic carboxylic acids is 2. The fourth-order valence-electron chi connectivity index (χ4n) is 2.11. The zero-order valence-corrected chi connectivity index (χ0v) is 13.0. The van der Waals surface area contributed by atoms with E-state index in [1.165, 1.54) is 0 Å². The van der Waals surface area contributed by atoms with E-state index in [1.54, 1.807) is 0 Å². The summed E-state index contributed by atoms with van der Waals surface area (Å²) in [6.07, 6.45) is 3.22. The highest BCUT2D eigenvalue weighted by atomic mass is 16.5. The molecule has 8 heteroatoms. The van der Waals surface area contributed by atoms with Crippen LogP contribution in [-0.2, 0) is 9.59 Å². The lowest BCUT2D eigenvalue weighted by molar-refractivity contribution is -0.159. The highest BCUT2D eigenvalue weighted by Gasteiger charge is 2.16. The normalized spacial score (nSPS) is 14.3. The van der Waals surface area contributed by atoms with Crippen LogP contribution in [0.4, 0.5) is 0 Å². The first-order valence-electron chi connectivity index (χ1n) is 7.20. The maximum Gasteiger partial charge on any atom is 0.414 e. The Balaban J connectivity index is 0.000000301. The summed E-state index contributed by atoms with van der Waals surface area (Å²) in [6, 6.07) is 9.88. The first-order chi connectivity index (χ1) is 11.5. The van der Waals surface area contributed by atoms with Gasteiger partial charge in [0, 0.05) is 24.2 Å². The third-order valence-electron chi connectivity index (χ3n) is 3.26. The lowest BCUT2D eigenvalue weighted by Crippen LogP contribution is -2.25. The molecule has 0 radical (unpaired) electrons. The second-order valence-corrected chi connectivity index (χ2v) is 5.16. The Morgan fingerprint density at radius 1 is 1.17 bits per heavy atom. The molecule has 1 aliphatic heterocycles. The van der Waals surface area contributed by atoms with Crippen LogP contribution in [0.1, 0.15) is 12.3 Å². The molecule has 0 aliphatic carbocycles. The van der Waals surface area contributed by atoms with Gasteiger partial charge in [0.1, 0.15) is 0 Å². The highest BCUT2D eigenvalue weighted by Crippen LogP contribution is 2.21. The maximum absolute atomic E-state index is 9.10. The molecule has 2 heterocycles. The topological polar surface area (TPSA) is 117 Å². The van der Waals surface area contributed by atoms with Gasteiger partial charge in [-0.15, -0.1) is 0 Å². The van der Waals surface area contributed by atoms with Crippen LogP contribution < -0.4 is 0 Å². The molecule has 0 bridgehead atoms. The number of hydrogen-bond donors (Lipinski definition) is 2. The van der Waals surface area contributed by atoms with Crippen molar-refractivity contribution < 1.29 is 24.3 Å². The lowest BCUT2D eigenvalue weighted by atomic mass is 10.1. The summed E-state index contributed by atoms with van der Waals surface area (Å²) in [7, 11) is 2.10. The Hall–Kier alpha value is -3.00. The zero-order valence-electron chi connectivity index (χ0n) is 13.0. The van der Waals surface area contributed by atoms with Crippen LogP contribution >= 0.6 is 0 Å². The van der Waals surface area contributed by atoms with Crippen LogP contribution in [0.5, 0.6) is 0 Å². The number of rotatable bonds is 2. The van der Waals surface area contributed by atoms with Gasteiger partial charge in [-0.05, 0) is 13.5 Å². The SMILES string of the molecule is CN1CCC=C(c2nc(-c3ccccc3)no2)C1.O=C(O)C(=O)O. The average molecular weight is 331 g/mol. The van der Waals surface area contributed by atoms with Crippen molar-refractivity contribution in [3.8, 4) is 11.4 Å². The standard InChI is InChI=1S/C14H15N3O.C2H2O4/c1-17-9-5-8-12(10-17)14-15-13(16-18-14)11-6-3-2-4-7-11;3-1(4)2(5)6/h2-4,6-8H,5,9-10H2,1H3;(H,3,4)(H,5,6). The summed E-state index contributed by atoms with van der Waals surface area (Å²) >= 11 is 0. The summed E-state index contributed by atoms with van der Waals surface area (Å²) in [5.74, 6) is -2.36. The lowest BCUT2D eigenvalue weighted by Gasteiger charge is -2.20. The number of nitrogens with zero attached hydrogens (tertiary/aromatic N) is 3. The van der Waals surface area contributed by atoms with Crippen LogP contribution in [-0.4, -0.2) is 57.3 Å². The summed E-state index contributed by atoms with van der Waals surface area (Å²) in [5, 5.41) is 18.8. The van der Waals surface area contributed by atoms with Crippen molar-refractivity contribution in [2.24, 2.45) is 0 Å². The van der Waals surface area contributed by atoms with Gasteiger partial charge in [-0.1, -0.05) is 41.6 Å². The number of hydrogen-bond acceptors (Lipinski definition) is 6. The molecule has 3 rings (SSSR count). The number of carbonyl (C=O) groups is 2. The minimum Gasteiger partial charge on any atom is -0.473 e. The van der Waals surface area contributed by atoms with Crippen LogP contribution in [0.2, 0.25) is 0 Å². The van der Waals surface area contributed by atoms with E-state index >= 15 is 0 Å². The first kappa shape index (κ1) is 17.4. The Morgan fingerprint density at radius 3 is 2.42 bits per heavy atom. The van der Waals surface area contributed by atoms with Crippen LogP contribution in [0.15, 0.2) is 40.9 Å². The van der Waals surface area contributed by atoms with E-state index in [0.717, 1.165) is 30.6 Å². The molecule has 0 saturated heterocycles. The van der Waals surface area contributed by atoms with Gasteiger partial charge in [0.25, 0.3) is 5.89 Å². The second kappa shape index (κ2) is 8.02. The van der Waals surface area contributed by atoms with Crippen molar-refractivity contribution in [2.45, 2.75) is 6.42 Å². The van der Waals surface area contributed by atoms with Crippen LogP contribution in [0, 0.1) is 0 Å². The number of likely N-dealkylation sites (N-methyl/N-ethyl adjacent to an activating group) is 1. The van der Waals surface area contributed by atoms with Gasteiger partial charge in [-0.25, -0.2) is 9.59 Å². The number of carboxylic acid groups (broad SMARTS) is 2. The Kier molecular flexibility index (Phi) is 5.80. The Labute approximate surface area is 138 Å². The van der Waals surface area contributed by atoms with Gasteiger partial charge in [-0.3, -0.25) is 0 Å². The van der Waals surface area contributed by atoms with E-state index < -0.39 is 11.9 Å². The molecular weight excluding hydrogens is 314 g/mol. The summed E-state index contributed by atoms with van der Waals surface area (Å²) in [5.41, 5.74) is 2.11. The molecule has 2 N–H and O–H groups in total. The number of benzene rings is 1. The van der Waals surface area contributed by atoms with Gasteiger partial charge >= 0.3 is 11.9 Å². The van der Waals surface area contributed by atoms with Crippen molar-refractivity contribution in [3.05, 3.63) is 42.3 Å². The number of carboxylic acids is 2. The minimum absolute atomic E-state index is 0.639. The third kappa shape index (κ3) is 4.75. The molecule has 0 spiro atoms. The highest BCUT2D eigenvalue weighted by molar-refractivity contribution is 6.27. The van der Waals surface area contributed by atoms with Crippen molar-refractivity contribution in [1.29, 1.82) is 0 Å². The molecule has 0 saturated carbocycles. The van der Waals surface area contributed by atoms with E-state index in [9.17, 15) is 0 Å². The molecule has 1 aliphatic rings. The molecular formula is C16H17N3O5. The number of aromatic nitrogens is 2. The Bertz CT molecular complexity index is 727. The molecule has 24 heavy (non-hydrogen) atoms. The van der Waals surface area contributed by atoms with Gasteiger partial charge in [-0.2, -0.15) is 4.98 Å². The van der Waals surface area contributed by atoms with Crippen molar-refractivity contribution >= 4 is 17.5 Å². The largest absolute Gasteiger partial charge is 0.473 e. The van der Waals surface area contributed by atoms with Crippen molar-refractivity contribution in [3.63, 3.8) is 0 Å². The van der Waals surface area contributed by atoms with E-state index in [2.05, 4.69) is 28.2 Å². The predicted molar refractivity (Wildman–Crippen MR) is 85.1 cm³/mol. The summed E-state index contributed by atoms with van der Waals surface area (Å²) in [4.78, 5) is 24.9. The third-order valence-corrected chi connectivity index (χ3v) is 3.26. The van der Waals surface area contributed by atoms with Crippen LogP contribution in [0.25, 0.3) is 17.0 Å². The van der Waals surface area contributed by atoms with E-state index in [-0.39, 0.29) is 0 Å². The quantitative estimate of drug-likeness (QED) is 0.797. The fourth-order valence-corrected chi connectivity index (χ4v) is 2.11. The Morgan fingerprint density at radius 2 is 1.83 bits per heavy atom. The first-order valence-corrected chi connectivity index (χ1v) is 7.20. The molecule has 0 atom stereocenters. The second-order valence-electron chi connectivity index (χ2n) is 5.16. The molecule has 1 aromatic heterocycles. The summed E-state index contributed by atoms with van der Waals surface area (Å²) in [6.45, 7) is 1.96. The van der Waals surface area contributed by atoms with Gasteiger partial charge in [0.05, 0.1) is 0 Å². The molecule has 0 amide bonds.